The Kier molecular flexibility index (Phi) is 2.67. The summed E-state index contributed by atoms with van der Waals surface area (Å²) in [7, 11) is 0. The molecule has 4 heteroatoms. The number of nitrogens with zero attached hydrogens (tertiary/aromatic N) is 1. The fraction of sp³-hybridized carbons (Fsp3) is 0.273. The highest BCUT2D eigenvalue weighted by Crippen LogP contribution is 2.20. The number of nitrogens with one attached hydrogen (secondary N) is 2. The highest BCUT2D eigenvalue weighted by Gasteiger charge is 2.05. The van der Waals surface area contributed by atoms with Crippen LogP contribution < -0.4 is 5.32 Å². The third kappa shape index (κ3) is 1.98. The zero-order valence-corrected chi connectivity index (χ0v) is 8.58. The maximum absolute atomic E-state index is 11.4. The number of H-pyrrole nitrogens is 1. The third-order valence-electron chi connectivity index (χ3n) is 2.24. The predicted octanol–water partition coefficient (Wildman–Crippen LogP) is 2.30. The molecule has 2 N–H and O–H groups in total. The molecule has 1 amide bonds. The van der Waals surface area contributed by atoms with Crippen LogP contribution in [-0.2, 0) is 4.79 Å². The van der Waals surface area contributed by atoms with Gasteiger partial charge in [-0.25, -0.2) is 0 Å². The molecule has 4 nitrogen and oxygen atoms in total. The van der Waals surface area contributed by atoms with Crippen molar-refractivity contribution in [2.75, 3.05) is 5.32 Å². The van der Waals surface area contributed by atoms with E-state index in [1.807, 2.05) is 25.1 Å². The van der Waals surface area contributed by atoms with Crippen molar-refractivity contribution in [2.24, 2.45) is 0 Å². The maximum Gasteiger partial charge on any atom is 0.224 e. The highest BCUT2D eigenvalue weighted by atomic mass is 16.1. The normalized spacial score (nSPS) is 10.5. The van der Waals surface area contributed by atoms with Gasteiger partial charge in [0.2, 0.25) is 5.91 Å². The second kappa shape index (κ2) is 4.13. The number of benzene rings is 1. The van der Waals surface area contributed by atoms with Crippen molar-refractivity contribution >= 4 is 22.5 Å². The average Bonchev–Trinajstić information content (AvgIpc) is 2.67. The highest BCUT2D eigenvalue weighted by molar-refractivity contribution is 6.00. The first-order valence-corrected chi connectivity index (χ1v) is 5.03. The molecule has 0 fully saturated rings. The Morgan fingerprint density at radius 2 is 2.40 bits per heavy atom. The molecule has 0 atom stereocenters. The number of amides is 1. The lowest BCUT2D eigenvalue weighted by molar-refractivity contribution is -0.116. The van der Waals surface area contributed by atoms with Crippen molar-refractivity contribution in [1.29, 1.82) is 0 Å². The molecule has 0 aliphatic carbocycles. The van der Waals surface area contributed by atoms with Gasteiger partial charge in [-0.15, -0.1) is 0 Å². The Hall–Kier alpha value is -1.84. The molecule has 1 aromatic heterocycles. The van der Waals surface area contributed by atoms with E-state index in [1.54, 1.807) is 6.20 Å². The monoisotopic (exact) mass is 203 g/mol. The molecule has 0 spiro atoms. The van der Waals surface area contributed by atoms with E-state index in [0.717, 1.165) is 23.0 Å². The maximum atomic E-state index is 11.4. The fourth-order valence-electron chi connectivity index (χ4n) is 1.52. The van der Waals surface area contributed by atoms with Gasteiger partial charge >= 0.3 is 0 Å². The fourth-order valence-corrected chi connectivity index (χ4v) is 1.52. The Labute approximate surface area is 87.7 Å². The smallest absolute Gasteiger partial charge is 0.224 e. The van der Waals surface area contributed by atoms with Crippen LogP contribution in [0.5, 0.6) is 0 Å². The number of hydrogen-bond acceptors (Lipinski definition) is 2. The van der Waals surface area contributed by atoms with Gasteiger partial charge < -0.3 is 5.32 Å². The first kappa shape index (κ1) is 9.71. The quantitative estimate of drug-likeness (QED) is 0.804. The van der Waals surface area contributed by atoms with E-state index < -0.39 is 0 Å². The van der Waals surface area contributed by atoms with Gasteiger partial charge in [0, 0.05) is 11.8 Å². The lowest BCUT2D eigenvalue weighted by atomic mass is 10.2. The molecule has 0 aliphatic heterocycles. The number of aromatic amines is 1. The van der Waals surface area contributed by atoms with E-state index in [0.29, 0.717) is 6.42 Å². The average molecular weight is 203 g/mol. The molecule has 1 aromatic carbocycles. The zero-order chi connectivity index (χ0) is 10.7. The van der Waals surface area contributed by atoms with E-state index in [4.69, 9.17) is 0 Å². The molecule has 15 heavy (non-hydrogen) atoms. The standard InChI is InChI=1S/C11H13N3O/c1-2-4-11(15)13-9-5-3-6-10-8(9)7-12-14-10/h3,5-7H,2,4H2,1H3,(H,12,14)(H,13,15). The molecular weight excluding hydrogens is 190 g/mol. The first-order chi connectivity index (χ1) is 7.31. The predicted molar refractivity (Wildman–Crippen MR) is 59.6 cm³/mol. The molecule has 0 aliphatic rings. The van der Waals surface area contributed by atoms with E-state index >= 15 is 0 Å². The molecule has 2 rings (SSSR count). The number of carbonyl (C=O) groups is 1. The summed E-state index contributed by atoms with van der Waals surface area (Å²) in [5.74, 6) is 0.0474. The van der Waals surface area contributed by atoms with Gasteiger partial charge in [-0.2, -0.15) is 5.10 Å². The van der Waals surface area contributed by atoms with Crippen LogP contribution in [0.3, 0.4) is 0 Å². The van der Waals surface area contributed by atoms with Crippen LogP contribution in [0.1, 0.15) is 19.8 Å². The number of carbonyl (C=O) groups excluding carboxylic acids is 1. The summed E-state index contributed by atoms with van der Waals surface area (Å²) < 4.78 is 0. The Morgan fingerprint density at radius 1 is 1.53 bits per heavy atom. The zero-order valence-electron chi connectivity index (χ0n) is 8.58. The molecule has 2 aromatic rings. The Morgan fingerprint density at radius 3 is 3.20 bits per heavy atom. The van der Waals surface area contributed by atoms with Crippen LogP contribution in [0.15, 0.2) is 24.4 Å². The lowest BCUT2D eigenvalue weighted by Gasteiger charge is -2.04. The van der Waals surface area contributed by atoms with Crippen molar-refractivity contribution in [3.8, 4) is 0 Å². The van der Waals surface area contributed by atoms with Crippen LogP contribution in [0.25, 0.3) is 10.9 Å². The molecule has 0 saturated heterocycles. The minimum Gasteiger partial charge on any atom is -0.325 e. The van der Waals surface area contributed by atoms with E-state index in [-0.39, 0.29) is 5.91 Å². The summed E-state index contributed by atoms with van der Waals surface area (Å²) >= 11 is 0. The topological polar surface area (TPSA) is 57.8 Å². The van der Waals surface area contributed by atoms with Crippen molar-refractivity contribution in [1.82, 2.24) is 10.2 Å². The van der Waals surface area contributed by atoms with Crippen LogP contribution in [0.4, 0.5) is 5.69 Å². The Bertz CT molecular complexity index is 475. The summed E-state index contributed by atoms with van der Waals surface area (Å²) in [6.45, 7) is 1.98. The number of fused-ring (bicyclic) bond motifs is 1. The van der Waals surface area contributed by atoms with Crippen LogP contribution in [-0.4, -0.2) is 16.1 Å². The number of anilines is 1. The molecule has 78 valence electrons. The molecule has 0 radical (unpaired) electrons. The van der Waals surface area contributed by atoms with E-state index in [1.165, 1.54) is 0 Å². The Balaban J connectivity index is 2.27. The number of hydrogen-bond donors (Lipinski definition) is 2. The van der Waals surface area contributed by atoms with Crippen LogP contribution in [0, 0.1) is 0 Å². The van der Waals surface area contributed by atoms with Gasteiger partial charge in [-0.3, -0.25) is 9.89 Å². The van der Waals surface area contributed by atoms with Crippen LogP contribution >= 0.6 is 0 Å². The number of aromatic nitrogens is 2. The van der Waals surface area contributed by atoms with Crippen molar-refractivity contribution < 1.29 is 4.79 Å². The summed E-state index contributed by atoms with van der Waals surface area (Å²) in [4.78, 5) is 11.4. The second-order valence-electron chi connectivity index (χ2n) is 3.43. The minimum atomic E-state index is 0.0474. The van der Waals surface area contributed by atoms with Gasteiger partial charge in [0.1, 0.15) is 0 Å². The van der Waals surface area contributed by atoms with Gasteiger partial charge in [0.25, 0.3) is 0 Å². The minimum absolute atomic E-state index is 0.0474. The van der Waals surface area contributed by atoms with E-state index in [9.17, 15) is 4.79 Å². The van der Waals surface area contributed by atoms with Gasteiger partial charge in [0.05, 0.1) is 17.4 Å². The van der Waals surface area contributed by atoms with Gasteiger partial charge in [0.15, 0.2) is 0 Å². The molecule has 1 heterocycles. The SMILES string of the molecule is CCCC(=O)Nc1cccc2[nH]ncc12. The number of rotatable bonds is 3. The van der Waals surface area contributed by atoms with Gasteiger partial charge in [-0.05, 0) is 18.6 Å². The van der Waals surface area contributed by atoms with Crippen molar-refractivity contribution in [3.05, 3.63) is 24.4 Å². The van der Waals surface area contributed by atoms with Crippen LogP contribution in [0.2, 0.25) is 0 Å². The van der Waals surface area contributed by atoms with Crippen molar-refractivity contribution in [3.63, 3.8) is 0 Å². The summed E-state index contributed by atoms with van der Waals surface area (Å²) in [6.07, 6.45) is 3.12. The van der Waals surface area contributed by atoms with E-state index in [2.05, 4.69) is 15.5 Å². The largest absolute Gasteiger partial charge is 0.325 e. The summed E-state index contributed by atoms with van der Waals surface area (Å²) in [6, 6.07) is 5.70. The molecular formula is C11H13N3O. The molecule has 0 bridgehead atoms. The third-order valence-corrected chi connectivity index (χ3v) is 2.24. The van der Waals surface area contributed by atoms with Gasteiger partial charge in [-0.1, -0.05) is 13.0 Å². The first-order valence-electron chi connectivity index (χ1n) is 5.03. The molecule has 0 saturated carbocycles. The lowest BCUT2D eigenvalue weighted by Crippen LogP contribution is -2.10. The summed E-state index contributed by atoms with van der Waals surface area (Å²) in [5.41, 5.74) is 1.75. The molecule has 0 unspecified atom stereocenters. The van der Waals surface area contributed by atoms with Crippen molar-refractivity contribution in [2.45, 2.75) is 19.8 Å². The second-order valence-corrected chi connectivity index (χ2v) is 3.43. The summed E-state index contributed by atoms with van der Waals surface area (Å²) in [5, 5.41) is 10.6.